The third-order valence-corrected chi connectivity index (χ3v) is 3.06. The van der Waals surface area contributed by atoms with Crippen molar-refractivity contribution in [3.8, 4) is 0 Å². The van der Waals surface area contributed by atoms with Crippen molar-refractivity contribution in [3.05, 3.63) is 0 Å². The van der Waals surface area contributed by atoms with Crippen LogP contribution in [0.3, 0.4) is 0 Å². The van der Waals surface area contributed by atoms with Crippen molar-refractivity contribution in [1.82, 2.24) is 15.5 Å². The fourth-order valence-corrected chi connectivity index (χ4v) is 2.16. The van der Waals surface area contributed by atoms with E-state index in [0.717, 1.165) is 25.9 Å². The molecule has 2 N–H and O–H groups in total. The number of likely N-dealkylation sites (N-methyl/N-ethyl adjacent to an activating group) is 1. The minimum Gasteiger partial charge on any atom is -0.346 e. The second-order valence-electron chi connectivity index (χ2n) is 4.45. The molecule has 0 spiro atoms. The smallest absolute Gasteiger partial charge is 0.346 e. The number of alkyl halides is 3. The molecular weight excluding hydrogens is 247 g/mol. The first-order valence-electron chi connectivity index (χ1n) is 6.20. The highest BCUT2D eigenvalue weighted by molar-refractivity contribution is 5.77. The molecule has 1 heterocycles. The Morgan fingerprint density at radius 3 is 2.78 bits per heavy atom. The van der Waals surface area contributed by atoms with E-state index in [1.165, 1.54) is 0 Å². The Labute approximate surface area is 105 Å². The summed E-state index contributed by atoms with van der Waals surface area (Å²) in [6.07, 6.45) is -2.13. The SMILES string of the molecule is CCN1CCCC1CNCC(=O)NCC(F)(F)F. The molecule has 1 amide bonds. The summed E-state index contributed by atoms with van der Waals surface area (Å²) < 4.78 is 35.5. The molecule has 18 heavy (non-hydrogen) atoms. The summed E-state index contributed by atoms with van der Waals surface area (Å²) in [6.45, 7) is 3.42. The Morgan fingerprint density at radius 2 is 2.17 bits per heavy atom. The molecule has 1 fully saturated rings. The summed E-state index contributed by atoms with van der Waals surface area (Å²) in [5.41, 5.74) is 0. The number of amides is 1. The van der Waals surface area contributed by atoms with Gasteiger partial charge < -0.3 is 10.6 Å². The van der Waals surface area contributed by atoms with E-state index in [-0.39, 0.29) is 6.54 Å². The van der Waals surface area contributed by atoms with Crippen LogP contribution in [0.25, 0.3) is 0 Å². The molecular formula is C11H20F3N3O. The van der Waals surface area contributed by atoms with Crippen LogP contribution in [0.4, 0.5) is 13.2 Å². The summed E-state index contributed by atoms with van der Waals surface area (Å²) in [5.74, 6) is -0.617. The predicted molar refractivity (Wildman–Crippen MR) is 62.2 cm³/mol. The van der Waals surface area contributed by atoms with Crippen LogP contribution in [0.2, 0.25) is 0 Å². The molecule has 0 aromatic heterocycles. The van der Waals surface area contributed by atoms with Crippen molar-refractivity contribution in [3.63, 3.8) is 0 Å². The fourth-order valence-electron chi connectivity index (χ4n) is 2.16. The molecule has 4 nitrogen and oxygen atoms in total. The molecule has 1 aliphatic rings. The number of rotatable bonds is 6. The van der Waals surface area contributed by atoms with Crippen molar-refractivity contribution in [2.75, 3.05) is 32.7 Å². The lowest BCUT2D eigenvalue weighted by atomic mass is 10.2. The Bertz CT molecular complexity index is 271. The van der Waals surface area contributed by atoms with Gasteiger partial charge in [-0.05, 0) is 25.9 Å². The van der Waals surface area contributed by atoms with Gasteiger partial charge in [-0.15, -0.1) is 0 Å². The Kier molecular flexibility index (Phi) is 5.87. The maximum absolute atomic E-state index is 11.8. The van der Waals surface area contributed by atoms with E-state index < -0.39 is 18.6 Å². The van der Waals surface area contributed by atoms with Crippen LogP contribution in [0, 0.1) is 0 Å². The number of halogens is 3. The van der Waals surface area contributed by atoms with Gasteiger partial charge in [-0.3, -0.25) is 9.69 Å². The molecule has 1 aliphatic heterocycles. The van der Waals surface area contributed by atoms with Crippen LogP contribution < -0.4 is 10.6 Å². The average molecular weight is 267 g/mol. The number of carbonyl (C=O) groups excluding carboxylic acids is 1. The van der Waals surface area contributed by atoms with Gasteiger partial charge in [-0.25, -0.2) is 0 Å². The fraction of sp³-hybridized carbons (Fsp3) is 0.909. The zero-order valence-corrected chi connectivity index (χ0v) is 10.5. The number of hydrogen-bond donors (Lipinski definition) is 2. The third kappa shape index (κ3) is 5.68. The zero-order chi connectivity index (χ0) is 13.6. The van der Waals surface area contributed by atoms with Gasteiger partial charge in [0.25, 0.3) is 0 Å². The molecule has 0 bridgehead atoms. The van der Waals surface area contributed by atoms with Crippen molar-refractivity contribution in [2.45, 2.75) is 32.0 Å². The first kappa shape index (κ1) is 15.2. The van der Waals surface area contributed by atoms with Gasteiger partial charge in [-0.2, -0.15) is 13.2 Å². The van der Waals surface area contributed by atoms with E-state index in [2.05, 4.69) is 17.1 Å². The van der Waals surface area contributed by atoms with E-state index >= 15 is 0 Å². The van der Waals surface area contributed by atoms with E-state index in [0.29, 0.717) is 12.6 Å². The number of nitrogens with one attached hydrogen (secondary N) is 2. The largest absolute Gasteiger partial charge is 0.405 e. The zero-order valence-electron chi connectivity index (χ0n) is 10.5. The summed E-state index contributed by atoms with van der Waals surface area (Å²) >= 11 is 0. The van der Waals surface area contributed by atoms with E-state index in [9.17, 15) is 18.0 Å². The van der Waals surface area contributed by atoms with Gasteiger partial charge >= 0.3 is 6.18 Å². The van der Waals surface area contributed by atoms with E-state index in [1.807, 2.05) is 5.32 Å². The summed E-state index contributed by atoms with van der Waals surface area (Å²) in [7, 11) is 0. The minimum atomic E-state index is -4.35. The molecule has 0 aromatic carbocycles. The lowest BCUT2D eigenvalue weighted by Crippen LogP contribution is -2.43. The van der Waals surface area contributed by atoms with Gasteiger partial charge in [0, 0.05) is 12.6 Å². The van der Waals surface area contributed by atoms with Gasteiger partial charge in [0.05, 0.1) is 6.54 Å². The molecule has 0 aliphatic carbocycles. The van der Waals surface area contributed by atoms with Crippen molar-refractivity contribution >= 4 is 5.91 Å². The van der Waals surface area contributed by atoms with E-state index in [4.69, 9.17) is 0 Å². The number of nitrogens with zero attached hydrogens (tertiary/aromatic N) is 1. The van der Waals surface area contributed by atoms with Crippen LogP contribution in [0.5, 0.6) is 0 Å². The highest BCUT2D eigenvalue weighted by Gasteiger charge is 2.27. The van der Waals surface area contributed by atoms with Crippen LogP contribution in [0.15, 0.2) is 0 Å². The normalized spacial score (nSPS) is 21.2. The second kappa shape index (κ2) is 6.94. The Balaban J connectivity index is 2.12. The number of hydrogen-bond acceptors (Lipinski definition) is 3. The molecule has 1 rings (SSSR count). The maximum atomic E-state index is 11.8. The lowest BCUT2D eigenvalue weighted by Gasteiger charge is -2.22. The molecule has 1 unspecified atom stereocenters. The minimum absolute atomic E-state index is 0.0653. The van der Waals surface area contributed by atoms with Gasteiger partial charge in [0.1, 0.15) is 6.54 Å². The van der Waals surface area contributed by atoms with Crippen LogP contribution in [-0.2, 0) is 4.79 Å². The molecule has 106 valence electrons. The molecule has 0 radical (unpaired) electrons. The predicted octanol–water partition coefficient (Wildman–Crippen LogP) is 0.739. The Morgan fingerprint density at radius 1 is 1.44 bits per heavy atom. The molecule has 0 saturated carbocycles. The number of carbonyl (C=O) groups is 1. The number of likely N-dealkylation sites (tertiary alicyclic amines) is 1. The highest BCUT2D eigenvalue weighted by atomic mass is 19.4. The van der Waals surface area contributed by atoms with Gasteiger partial charge in [0.15, 0.2) is 0 Å². The topological polar surface area (TPSA) is 44.4 Å². The standard InChI is InChI=1S/C11H20F3N3O/c1-2-17-5-3-4-9(17)6-15-7-10(18)16-8-11(12,13)14/h9,15H,2-8H2,1H3,(H,16,18). The summed E-state index contributed by atoms with van der Waals surface area (Å²) in [6, 6.07) is 0.394. The molecule has 1 saturated heterocycles. The summed E-state index contributed by atoms with van der Waals surface area (Å²) in [5, 5.41) is 4.74. The van der Waals surface area contributed by atoms with Crippen LogP contribution in [-0.4, -0.2) is 55.7 Å². The monoisotopic (exact) mass is 267 g/mol. The van der Waals surface area contributed by atoms with Crippen molar-refractivity contribution < 1.29 is 18.0 Å². The molecule has 7 heteroatoms. The van der Waals surface area contributed by atoms with Crippen molar-refractivity contribution in [2.24, 2.45) is 0 Å². The van der Waals surface area contributed by atoms with Crippen LogP contribution in [0.1, 0.15) is 19.8 Å². The third-order valence-electron chi connectivity index (χ3n) is 3.06. The van der Waals surface area contributed by atoms with E-state index in [1.54, 1.807) is 0 Å². The quantitative estimate of drug-likeness (QED) is 0.746. The Hall–Kier alpha value is -0.820. The summed E-state index contributed by atoms with van der Waals surface area (Å²) in [4.78, 5) is 13.4. The first-order valence-corrected chi connectivity index (χ1v) is 6.20. The first-order chi connectivity index (χ1) is 8.42. The lowest BCUT2D eigenvalue weighted by molar-refractivity contribution is -0.137. The molecule has 0 aromatic rings. The molecule has 1 atom stereocenters. The van der Waals surface area contributed by atoms with Gasteiger partial charge in [-0.1, -0.05) is 6.92 Å². The average Bonchev–Trinajstić information content (AvgIpc) is 2.73. The van der Waals surface area contributed by atoms with Gasteiger partial charge in [0.2, 0.25) is 5.91 Å². The highest BCUT2D eigenvalue weighted by Crippen LogP contribution is 2.15. The second-order valence-corrected chi connectivity index (χ2v) is 4.45. The maximum Gasteiger partial charge on any atom is 0.405 e. The van der Waals surface area contributed by atoms with Crippen molar-refractivity contribution in [1.29, 1.82) is 0 Å². The van der Waals surface area contributed by atoms with Crippen LogP contribution >= 0.6 is 0 Å².